The Kier molecular flexibility index (Phi) is 9.37. The van der Waals surface area contributed by atoms with Gasteiger partial charge in [-0.3, -0.25) is 4.21 Å². The molecule has 0 heterocycles. The van der Waals surface area contributed by atoms with Gasteiger partial charge < -0.3 is 13.3 Å². The van der Waals surface area contributed by atoms with Crippen LogP contribution in [0.1, 0.15) is 0 Å². The highest BCUT2D eigenvalue weighted by Gasteiger charge is 2.43. The molecule has 0 bridgehead atoms. The van der Waals surface area contributed by atoms with Crippen LogP contribution < -0.4 is 0 Å². The molecule has 0 radical (unpaired) electrons. The van der Waals surface area contributed by atoms with E-state index in [2.05, 4.69) is 6.58 Å². The molecule has 0 spiro atoms. The van der Waals surface area contributed by atoms with Crippen LogP contribution in [0.5, 0.6) is 0 Å². The number of carbonyl (C=O) groups excluding carboxylic acids is 1. The molecule has 0 saturated carbocycles. The number of carbonyl (C=O) groups is 1. The second kappa shape index (κ2) is 9.05. The monoisotopic (exact) mass is 436 g/mol. The Balaban J connectivity index is 0. The van der Waals surface area contributed by atoms with Gasteiger partial charge in [0.25, 0.3) is 0 Å². The molecule has 0 aromatic carbocycles. The van der Waals surface area contributed by atoms with E-state index in [-0.39, 0.29) is 5.97 Å². The van der Waals surface area contributed by atoms with Crippen LogP contribution in [0.25, 0.3) is 4.13 Å². The first-order valence-electron chi connectivity index (χ1n) is 6.25. The molecule has 1 atom stereocenters. The van der Waals surface area contributed by atoms with Crippen LogP contribution in [0.2, 0.25) is 0 Å². The minimum atomic E-state index is -6.47. The van der Waals surface area contributed by atoms with E-state index >= 15 is 0 Å². The first kappa shape index (κ1) is 26.9. The summed E-state index contributed by atoms with van der Waals surface area (Å²) in [4.78, 5) is 10.6. The summed E-state index contributed by atoms with van der Waals surface area (Å²) in [6.45, 7) is 4.57. The summed E-state index contributed by atoms with van der Waals surface area (Å²) in [7, 11) is -6.06. The van der Waals surface area contributed by atoms with E-state index in [1.54, 1.807) is 5.87 Å². The minimum absolute atomic E-state index is 0.349. The third kappa shape index (κ3) is 10.6. The Labute approximate surface area is 147 Å². The number of esters is 1. The van der Waals surface area contributed by atoms with Crippen LogP contribution >= 0.6 is 0 Å². The van der Waals surface area contributed by atoms with Crippen molar-refractivity contribution in [3.05, 3.63) is 16.8 Å². The van der Waals surface area contributed by atoms with Crippen molar-refractivity contribution in [2.75, 3.05) is 34.3 Å². The molecule has 0 N–H and O–H groups in total. The third-order valence-electron chi connectivity index (χ3n) is 2.05. The maximum absolute atomic E-state index is 11.7. The average Bonchev–Trinajstić information content (AvgIpc) is 2.33. The largest absolute Gasteiger partial charge is 0.480 e. The van der Waals surface area contributed by atoms with Crippen molar-refractivity contribution in [3.63, 3.8) is 0 Å². The maximum atomic E-state index is 11.7. The van der Waals surface area contributed by atoms with Crippen LogP contribution in [-0.2, 0) is 29.3 Å². The third-order valence-corrected chi connectivity index (χ3v) is 5.10. The number of rotatable bonds is 6. The summed E-state index contributed by atoms with van der Waals surface area (Å²) in [6, 6.07) is 0. The van der Waals surface area contributed by atoms with E-state index in [1.165, 1.54) is 10.2 Å². The molecular weight excluding hydrogens is 418 g/mol. The quantitative estimate of drug-likeness (QED) is 0.208. The molecule has 0 rings (SSSR count). The lowest BCUT2D eigenvalue weighted by molar-refractivity contribution is -0.870. The fourth-order valence-corrected chi connectivity index (χ4v) is 2.67. The molecule has 0 aliphatic heterocycles. The van der Waals surface area contributed by atoms with Crippen molar-refractivity contribution in [3.8, 4) is 0 Å². The second-order valence-corrected chi connectivity index (χ2v) is 9.22. The lowest BCUT2D eigenvalue weighted by atomic mass is 10.5. The predicted molar refractivity (Wildman–Crippen MR) is 83.7 cm³/mol. The van der Waals surface area contributed by atoms with Crippen LogP contribution in [0, 0.1) is 0 Å². The number of alkyl halides is 6. The first-order valence-corrected chi connectivity index (χ1v) is 9.37. The van der Waals surface area contributed by atoms with Gasteiger partial charge in [0.1, 0.15) is 13.2 Å². The number of quaternary nitrogens is 1. The van der Waals surface area contributed by atoms with E-state index in [1.807, 2.05) is 21.1 Å². The van der Waals surface area contributed by atoms with Gasteiger partial charge in [-0.15, -0.1) is 0 Å². The Morgan fingerprint density at radius 2 is 1.50 bits per heavy atom. The van der Waals surface area contributed by atoms with E-state index in [0.29, 0.717) is 6.61 Å². The molecule has 156 valence electrons. The normalized spacial score (nSPS) is 15.3. The van der Waals surface area contributed by atoms with Gasteiger partial charge in [0.05, 0.1) is 21.1 Å². The number of sulfonamides is 1. The summed E-state index contributed by atoms with van der Waals surface area (Å²) in [6.07, 6.45) is 1.18. The van der Waals surface area contributed by atoms with Gasteiger partial charge in [0.2, 0.25) is 0 Å². The summed E-state index contributed by atoms with van der Waals surface area (Å²) in [5.74, 6) is 1.45. The first-order chi connectivity index (χ1) is 11.2. The van der Waals surface area contributed by atoms with Crippen LogP contribution in [-0.4, -0.2) is 74.3 Å². The highest BCUT2D eigenvalue weighted by Crippen LogP contribution is 2.36. The molecule has 7 nitrogen and oxygen atoms in total. The second-order valence-electron chi connectivity index (χ2n) is 5.47. The Morgan fingerprint density at radius 1 is 1.08 bits per heavy atom. The summed E-state index contributed by atoms with van der Waals surface area (Å²) in [5.41, 5.74) is -11.8. The van der Waals surface area contributed by atoms with E-state index in [4.69, 9.17) is 4.74 Å². The fraction of sp³-hybridized carbons (Fsp3) is 0.636. The zero-order valence-corrected chi connectivity index (χ0v) is 15.6. The van der Waals surface area contributed by atoms with E-state index < -0.39 is 30.7 Å². The molecule has 0 saturated heterocycles. The van der Waals surface area contributed by atoms with Crippen molar-refractivity contribution < 1.29 is 53.0 Å². The summed E-state index contributed by atoms with van der Waals surface area (Å²) < 4.78 is 107. The van der Waals surface area contributed by atoms with Gasteiger partial charge in [-0.05, 0) is 9.71 Å². The van der Waals surface area contributed by atoms with Gasteiger partial charge in [-0.25, -0.2) is 13.2 Å². The van der Waals surface area contributed by atoms with Crippen LogP contribution in [0.3, 0.4) is 0 Å². The molecule has 0 aliphatic carbocycles. The SMILES string of the molecule is C=CC(=O)OCC[N+](C)(C)C.C=S(=O)([N-]S(=O)(=O)C(F)(F)F)C(F)(F)F. The summed E-state index contributed by atoms with van der Waals surface area (Å²) in [5, 5.41) is 0. The van der Waals surface area contributed by atoms with Crippen molar-refractivity contribution in [2.24, 2.45) is 0 Å². The average molecular weight is 436 g/mol. The smallest absolute Gasteiger partial charge is 0.457 e. The minimum Gasteiger partial charge on any atom is -0.457 e. The highest BCUT2D eigenvalue weighted by atomic mass is 32.3. The molecule has 26 heavy (non-hydrogen) atoms. The molecule has 0 aromatic heterocycles. The molecule has 0 aromatic rings. The van der Waals surface area contributed by atoms with Crippen molar-refractivity contribution in [1.29, 1.82) is 0 Å². The predicted octanol–water partition coefficient (Wildman–Crippen LogP) is 1.78. The Hall–Kier alpha value is -1.32. The van der Waals surface area contributed by atoms with Gasteiger partial charge in [-0.1, -0.05) is 12.4 Å². The van der Waals surface area contributed by atoms with Crippen LogP contribution in [0.4, 0.5) is 26.3 Å². The molecule has 0 fully saturated rings. The highest BCUT2D eigenvalue weighted by molar-refractivity contribution is 8.17. The number of likely N-dealkylation sites (N-methyl/N-ethyl adjacent to an activating group) is 1. The summed E-state index contributed by atoms with van der Waals surface area (Å²) >= 11 is 0. The van der Waals surface area contributed by atoms with Crippen molar-refractivity contribution >= 4 is 31.6 Å². The zero-order valence-electron chi connectivity index (χ0n) is 13.9. The number of halogens is 6. The number of hydrogen-bond acceptors (Lipinski definition) is 5. The molecule has 0 aliphatic rings. The zero-order chi connectivity index (χ0) is 21.6. The molecule has 0 amide bonds. The lowest BCUT2D eigenvalue weighted by Gasteiger charge is -2.27. The van der Waals surface area contributed by atoms with E-state index in [0.717, 1.165) is 11.0 Å². The van der Waals surface area contributed by atoms with Crippen LogP contribution in [0.15, 0.2) is 12.7 Å². The molecular formula is C11H18F6N2O5S2. The molecule has 1 unspecified atom stereocenters. The number of ether oxygens (including phenoxy) is 1. The number of hydrogen-bond donors (Lipinski definition) is 0. The lowest BCUT2D eigenvalue weighted by Crippen LogP contribution is -2.37. The standard InChI is InChI=1S/C8H16NO2.C3H2F6NO3S2/c1-5-8(10)11-7-6-9(2,3)4;1-14(11,2(4,5)6)10-15(12,13)3(7,8)9/h5H,1,6-7H2,2-4H3;1H2/q+1;-1. The van der Waals surface area contributed by atoms with Gasteiger partial charge in [-0.2, -0.15) is 26.3 Å². The Morgan fingerprint density at radius 3 is 1.77 bits per heavy atom. The fourth-order valence-electron chi connectivity index (χ4n) is 0.722. The number of nitrogens with zero attached hydrogens (tertiary/aromatic N) is 2. The Bertz CT molecular complexity index is 648. The van der Waals surface area contributed by atoms with Crippen molar-refractivity contribution in [2.45, 2.75) is 11.0 Å². The van der Waals surface area contributed by atoms with Gasteiger partial charge in [0, 0.05) is 6.08 Å². The molecule has 15 heteroatoms. The van der Waals surface area contributed by atoms with Gasteiger partial charge in [0.15, 0.2) is 10.0 Å². The van der Waals surface area contributed by atoms with E-state index in [9.17, 15) is 43.8 Å². The topological polar surface area (TPSA) is 91.6 Å². The van der Waals surface area contributed by atoms with Crippen molar-refractivity contribution in [1.82, 2.24) is 0 Å². The van der Waals surface area contributed by atoms with Gasteiger partial charge >= 0.3 is 17.0 Å². The maximum Gasteiger partial charge on any atom is 0.480 e.